The van der Waals surface area contributed by atoms with Gasteiger partial charge < -0.3 is 5.32 Å². The number of rotatable bonds is 2. The van der Waals surface area contributed by atoms with E-state index in [0.717, 1.165) is 18.5 Å². The fraction of sp³-hybridized carbons (Fsp3) is 0.462. The van der Waals surface area contributed by atoms with Crippen LogP contribution in [-0.4, -0.2) is 10.9 Å². The molecule has 1 fully saturated rings. The molecule has 1 aromatic rings. The monoisotopic (exact) mass is 229 g/mol. The number of carbonyl (C=O) groups excluding carboxylic acids is 1. The average molecular weight is 229 g/mol. The third-order valence-electron chi connectivity index (χ3n) is 3.28. The molecule has 1 aromatic heterocycles. The van der Waals surface area contributed by atoms with Crippen LogP contribution in [0, 0.1) is 23.7 Å². The maximum Gasteiger partial charge on any atom is 0.244 e. The van der Waals surface area contributed by atoms with Gasteiger partial charge in [0, 0.05) is 5.69 Å². The number of anilines is 1. The van der Waals surface area contributed by atoms with Crippen molar-refractivity contribution >= 4 is 11.6 Å². The summed E-state index contributed by atoms with van der Waals surface area (Å²) < 4.78 is 0. The first-order valence-corrected chi connectivity index (χ1v) is 5.82. The first kappa shape index (κ1) is 11.6. The van der Waals surface area contributed by atoms with Crippen LogP contribution >= 0.6 is 0 Å². The minimum Gasteiger partial charge on any atom is -0.323 e. The van der Waals surface area contributed by atoms with Gasteiger partial charge in [0.05, 0.1) is 18.0 Å². The van der Waals surface area contributed by atoms with Gasteiger partial charge in [-0.15, -0.1) is 0 Å². The number of carbonyl (C=O) groups is 1. The molecule has 1 aliphatic carbocycles. The van der Waals surface area contributed by atoms with Gasteiger partial charge in [-0.1, -0.05) is 12.8 Å². The number of hydrogen-bond acceptors (Lipinski definition) is 3. The Morgan fingerprint density at radius 3 is 2.71 bits per heavy atom. The second kappa shape index (κ2) is 4.54. The van der Waals surface area contributed by atoms with Gasteiger partial charge >= 0.3 is 0 Å². The van der Waals surface area contributed by atoms with Crippen LogP contribution in [0.15, 0.2) is 18.3 Å². The van der Waals surface area contributed by atoms with E-state index in [9.17, 15) is 10.1 Å². The molecule has 88 valence electrons. The molecule has 1 saturated carbocycles. The molecule has 0 spiro atoms. The van der Waals surface area contributed by atoms with Crippen LogP contribution in [0.25, 0.3) is 0 Å². The Hall–Kier alpha value is -1.89. The summed E-state index contributed by atoms with van der Waals surface area (Å²) in [5.41, 5.74) is 0.728. The summed E-state index contributed by atoms with van der Waals surface area (Å²) in [5.74, 6) is -0.192. The van der Waals surface area contributed by atoms with Crippen molar-refractivity contribution in [1.82, 2.24) is 4.98 Å². The third-order valence-corrected chi connectivity index (χ3v) is 3.28. The maximum atomic E-state index is 12.1. The van der Waals surface area contributed by atoms with Crippen LogP contribution in [0.2, 0.25) is 0 Å². The summed E-state index contributed by atoms with van der Waals surface area (Å²) in [5, 5.41) is 12.0. The molecule has 0 saturated heterocycles. The molecule has 0 unspecified atom stereocenters. The van der Waals surface area contributed by atoms with E-state index < -0.39 is 5.41 Å². The topological polar surface area (TPSA) is 65.8 Å². The Bertz CT molecular complexity index is 453. The van der Waals surface area contributed by atoms with Gasteiger partial charge in [-0.25, -0.2) is 0 Å². The molecule has 4 heteroatoms. The van der Waals surface area contributed by atoms with E-state index in [-0.39, 0.29) is 5.91 Å². The van der Waals surface area contributed by atoms with Crippen LogP contribution < -0.4 is 5.32 Å². The molecule has 0 aliphatic heterocycles. The molecule has 0 bridgehead atoms. The van der Waals surface area contributed by atoms with Crippen molar-refractivity contribution < 1.29 is 4.79 Å². The van der Waals surface area contributed by atoms with E-state index in [1.54, 1.807) is 12.3 Å². The van der Waals surface area contributed by atoms with E-state index in [4.69, 9.17) is 0 Å². The maximum absolute atomic E-state index is 12.1. The zero-order chi connectivity index (χ0) is 12.3. The summed E-state index contributed by atoms with van der Waals surface area (Å²) in [7, 11) is 0. The largest absolute Gasteiger partial charge is 0.323 e. The molecule has 0 aromatic carbocycles. The molecule has 17 heavy (non-hydrogen) atoms. The number of pyridine rings is 1. The molecular weight excluding hydrogens is 214 g/mol. The van der Waals surface area contributed by atoms with Gasteiger partial charge in [-0.05, 0) is 31.9 Å². The highest BCUT2D eigenvalue weighted by Gasteiger charge is 2.41. The van der Waals surface area contributed by atoms with Gasteiger partial charge in [-0.3, -0.25) is 9.78 Å². The number of aromatic nitrogens is 1. The molecule has 0 atom stereocenters. The van der Waals surface area contributed by atoms with E-state index in [2.05, 4.69) is 16.4 Å². The molecule has 1 N–H and O–H groups in total. The number of nitrogens with one attached hydrogen (secondary N) is 1. The van der Waals surface area contributed by atoms with Crippen LogP contribution in [0.4, 0.5) is 5.69 Å². The van der Waals surface area contributed by atoms with Crippen molar-refractivity contribution in [2.45, 2.75) is 32.6 Å². The Labute approximate surface area is 101 Å². The SMILES string of the molecule is Cc1ccc(NC(=O)C2(C#N)CCCC2)cn1. The van der Waals surface area contributed by atoms with Crippen molar-refractivity contribution in [2.75, 3.05) is 5.32 Å². The lowest BCUT2D eigenvalue weighted by molar-refractivity contribution is -0.122. The zero-order valence-electron chi connectivity index (χ0n) is 9.86. The number of nitrogens with zero attached hydrogens (tertiary/aromatic N) is 2. The Morgan fingerprint density at radius 1 is 1.47 bits per heavy atom. The third kappa shape index (κ3) is 2.28. The molecule has 0 radical (unpaired) electrons. The first-order chi connectivity index (χ1) is 8.16. The normalized spacial score (nSPS) is 17.4. The molecule has 2 rings (SSSR count). The highest BCUT2D eigenvalue weighted by molar-refractivity contribution is 5.97. The quantitative estimate of drug-likeness (QED) is 0.846. The molecule has 4 nitrogen and oxygen atoms in total. The minimum atomic E-state index is -0.828. The average Bonchev–Trinajstić information content (AvgIpc) is 2.82. The van der Waals surface area contributed by atoms with Crippen LogP contribution in [0.5, 0.6) is 0 Å². The zero-order valence-corrected chi connectivity index (χ0v) is 9.86. The fourth-order valence-electron chi connectivity index (χ4n) is 2.16. The summed E-state index contributed by atoms with van der Waals surface area (Å²) in [6, 6.07) is 5.82. The van der Waals surface area contributed by atoms with E-state index in [0.29, 0.717) is 18.5 Å². The van der Waals surface area contributed by atoms with Gasteiger partial charge in [-0.2, -0.15) is 5.26 Å². The summed E-state index contributed by atoms with van der Waals surface area (Å²) in [6.07, 6.45) is 4.84. The number of nitriles is 1. The van der Waals surface area contributed by atoms with E-state index >= 15 is 0 Å². The highest BCUT2D eigenvalue weighted by Crippen LogP contribution is 2.38. The second-order valence-corrected chi connectivity index (χ2v) is 4.54. The van der Waals surface area contributed by atoms with Crippen molar-refractivity contribution in [3.63, 3.8) is 0 Å². The van der Waals surface area contributed by atoms with Crippen molar-refractivity contribution in [1.29, 1.82) is 5.26 Å². The van der Waals surface area contributed by atoms with Gasteiger partial charge in [0.1, 0.15) is 5.41 Å². The molecule has 1 heterocycles. The van der Waals surface area contributed by atoms with Crippen molar-refractivity contribution in [3.8, 4) is 6.07 Å². The van der Waals surface area contributed by atoms with Gasteiger partial charge in [0.15, 0.2) is 0 Å². The lowest BCUT2D eigenvalue weighted by Gasteiger charge is -2.19. The predicted octanol–water partition coefficient (Wildman–Crippen LogP) is 2.41. The van der Waals surface area contributed by atoms with Crippen LogP contribution in [-0.2, 0) is 4.79 Å². The minimum absolute atomic E-state index is 0.192. The molecule has 1 amide bonds. The van der Waals surface area contributed by atoms with E-state index in [1.807, 2.05) is 13.0 Å². The Morgan fingerprint density at radius 2 is 2.18 bits per heavy atom. The van der Waals surface area contributed by atoms with Gasteiger partial charge in [0.2, 0.25) is 5.91 Å². The standard InChI is InChI=1S/C13H15N3O/c1-10-4-5-11(8-15-10)16-12(17)13(9-14)6-2-3-7-13/h4-5,8H,2-3,6-7H2,1H3,(H,16,17). The number of hydrogen-bond donors (Lipinski definition) is 1. The summed E-state index contributed by atoms with van der Waals surface area (Å²) >= 11 is 0. The molecule has 1 aliphatic rings. The summed E-state index contributed by atoms with van der Waals surface area (Å²) in [4.78, 5) is 16.2. The van der Waals surface area contributed by atoms with Crippen LogP contribution in [0.3, 0.4) is 0 Å². The van der Waals surface area contributed by atoms with Crippen LogP contribution in [0.1, 0.15) is 31.4 Å². The Balaban J connectivity index is 2.11. The van der Waals surface area contributed by atoms with Crippen molar-refractivity contribution in [2.24, 2.45) is 5.41 Å². The number of aryl methyl sites for hydroxylation is 1. The van der Waals surface area contributed by atoms with Crippen molar-refractivity contribution in [3.05, 3.63) is 24.0 Å². The number of amides is 1. The second-order valence-electron chi connectivity index (χ2n) is 4.54. The summed E-state index contributed by atoms with van der Waals surface area (Å²) in [6.45, 7) is 1.89. The van der Waals surface area contributed by atoms with Gasteiger partial charge in [0.25, 0.3) is 0 Å². The highest BCUT2D eigenvalue weighted by atomic mass is 16.2. The fourth-order valence-corrected chi connectivity index (χ4v) is 2.16. The lowest BCUT2D eigenvalue weighted by Crippen LogP contribution is -2.32. The molecular formula is C13H15N3O. The predicted molar refractivity (Wildman–Crippen MR) is 64.1 cm³/mol. The smallest absolute Gasteiger partial charge is 0.244 e. The first-order valence-electron chi connectivity index (χ1n) is 5.82. The lowest BCUT2D eigenvalue weighted by atomic mass is 9.87. The Kier molecular flexibility index (Phi) is 3.10. The van der Waals surface area contributed by atoms with E-state index in [1.165, 1.54) is 0 Å².